The zero-order chi connectivity index (χ0) is 20.3. The quantitative estimate of drug-likeness (QED) is 0.143. The predicted molar refractivity (Wildman–Crippen MR) is 134 cm³/mol. The summed E-state index contributed by atoms with van der Waals surface area (Å²) in [4.78, 5) is 2.59. The summed E-state index contributed by atoms with van der Waals surface area (Å²) in [6.45, 7) is 4.22. The molecule has 1 aliphatic heterocycles. The van der Waals surface area contributed by atoms with Gasteiger partial charge in [-0.1, -0.05) is 40.8 Å². The zero-order valence-electron chi connectivity index (χ0n) is 17.0. The van der Waals surface area contributed by atoms with Crippen LogP contribution in [0.2, 0.25) is 0 Å². The van der Waals surface area contributed by atoms with E-state index in [9.17, 15) is 0 Å². The monoisotopic (exact) mass is 531 g/mol. The number of nitrogens with zero attached hydrogens (tertiary/aromatic N) is 1. The molecule has 4 aromatic rings. The van der Waals surface area contributed by atoms with Crippen molar-refractivity contribution in [1.29, 1.82) is 0 Å². The number of benzene rings is 2. The smallest absolute Gasteiger partial charge is 0.138 e. The maximum absolute atomic E-state index is 6.10. The van der Waals surface area contributed by atoms with Crippen molar-refractivity contribution in [2.24, 2.45) is 0 Å². The average Bonchev–Trinajstić information content (AvgIpc) is 3.43. The van der Waals surface area contributed by atoms with Gasteiger partial charge in [0.1, 0.15) is 17.1 Å². The Morgan fingerprint density at radius 3 is 2.87 bits per heavy atom. The third kappa shape index (κ3) is 4.39. The maximum atomic E-state index is 6.10. The molecular weight excluding hydrogens is 505 g/mol. The highest BCUT2D eigenvalue weighted by Gasteiger charge is 2.20. The van der Waals surface area contributed by atoms with Crippen molar-refractivity contribution < 1.29 is 9.15 Å². The number of thiophene rings is 1. The Hall–Kier alpha value is -1.57. The van der Waals surface area contributed by atoms with Gasteiger partial charge >= 0.3 is 0 Å². The summed E-state index contributed by atoms with van der Waals surface area (Å²) in [6, 6.07) is 17.5. The maximum Gasteiger partial charge on any atom is 0.138 e. The first kappa shape index (κ1) is 20.3. The molecule has 1 saturated heterocycles. The van der Waals surface area contributed by atoms with Gasteiger partial charge in [0.25, 0.3) is 0 Å². The first-order valence-corrected chi connectivity index (χ1v) is 13.1. The topological polar surface area (TPSA) is 25.6 Å². The Morgan fingerprint density at radius 1 is 1.10 bits per heavy atom. The average molecular weight is 531 g/mol. The molecule has 2 aromatic carbocycles. The van der Waals surface area contributed by atoms with E-state index >= 15 is 0 Å². The number of piperidine rings is 1. The summed E-state index contributed by atoms with van der Waals surface area (Å²) in [6.07, 6.45) is 3.56. The molecule has 1 aliphatic rings. The third-order valence-corrected chi connectivity index (χ3v) is 7.77. The summed E-state index contributed by atoms with van der Waals surface area (Å²) in [5.74, 6) is 2.64. The molecule has 0 amide bonds. The highest BCUT2D eigenvalue weighted by Crippen LogP contribution is 2.32. The van der Waals surface area contributed by atoms with Gasteiger partial charge in [0.05, 0.1) is 16.4 Å². The van der Waals surface area contributed by atoms with Crippen molar-refractivity contribution in [3.8, 4) is 5.75 Å². The normalized spacial score (nSPS) is 15.9. The van der Waals surface area contributed by atoms with Crippen LogP contribution in [0.5, 0.6) is 5.75 Å². The second kappa shape index (κ2) is 9.28. The fourth-order valence-electron chi connectivity index (χ4n) is 4.48. The van der Waals surface area contributed by atoms with Gasteiger partial charge in [-0.05, 0) is 84.9 Å². The number of rotatable bonds is 7. The van der Waals surface area contributed by atoms with E-state index in [-0.39, 0.29) is 0 Å². The number of hydrogen-bond acceptors (Lipinski definition) is 4. The van der Waals surface area contributed by atoms with Gasteiger partial charge in [-0.3, -0.25) is 0 Å². The molecule has 0 saturated carbocycles. The molecule has 0 bridgehead atoms. The van der Waals surface area contributed by atoms with Crippen LogP contribution in [0.4, 0.5) is 0 Å². The lowest BCUT2D eigenvalue weighted by atomic mass is 9.89. The lowest BCUT2D eigenvalue weighted by molar-refractivity contribution is 0.193. The third-order valence-electron chi connectivity index (χ3n) is 6.12. The number of likely N-dealkylation sites (tertiary alicyclic amines) is 1. The molecular formula is C25H26INO2S. The molecule has 0 aliphatic carbocycles. The van der Waals surface area contributed by atoms with E-state index in [1.165, 1.54) is 41.6 Å². The molecule has 0 radical (unpaired) electrons. The number of ether oxygens (including phenoxy) is 1. The summed E-state index contributed by atoms with van der Waals surface area (Å²) in [7, 11) is 0. The van der Waals surface area contributed by atoms with E-state index < -0.39 is 0 Å². The first-order chi connectivity index (χ1) is 14.8. The number of halogens is 1. The minimum Gasteiger partial charge on any atom is -0.493 e. The van der Waals surface area contributed by atoms with E-state index in [1.54, 1.807) is 0 Å². The van der Waals surface area contributed by atoms with Crippen LogP contribution in [0.3, 0.4) is 0 Å². The Morgan fingerprint density at radius 2 is 2.00 bits per heavy atom. The molecule has 0 unspecified atom stereocenters. The van der Waals surface area contributed by atoms with Crippen molar-refractivity contribution in [1.82, 2.24) is 4.90 Å². The van der Waals surface area contributed by atoms with Crippen LogP contribution in [0.25, 0.3) is 21.1 Å². The SMILES string of the molecule is ICc1cc2c(OCCCN3CCC(c4ccc5sccc5c4)CC3)cccc2o1. The largest absolute Gasteiger partial charge is 0.493 e. The number of fused-ring (bicyclic) bond motifs is 2. The molecule has 3 heterocycles. The summed E-state index contributed by atoms with van der Waals surface area (Å²) >= 11 is 4.16. The Kier molecular flexibility index (Phi) is 6.29. The minimum absolute atomic E-state index is 0.701. The highest BCUT2D eigenvalue weighted by molar-refractivity contribution is 14.1. The van der Waals surface area contributed by atoms with Crippen LogP contribution in [-0.4, -0.2) is 31.1 Å². The Balaban J connectivity index is 1.10. The molecule has 5 rings (SSSR count). The summed E-state index contributed by atoms with van der Waals surface area (Å²) in [5, 5.41) is 4.68. The molecule has 30 heavy (non-hydrogen) atoms. The van der Waals surface area contributed by atoms with Gasteiger partial charge in [-0.15, -0.1) is 11.3 Å². The number of alkyl halides is 1. The Labute approximate surface area is 195 Å². The molecule has 5 heteroatoms. The summed E-state index contributed by atoms with van der Waals surface area (Å²) < 4.78 is 14.2. The van der Waals surface area contributed by atoms with Gasteiger partial charge < -0.3 is 14.1 Å². The lowest BCUT2D eigenvalue weighted by Gasteiger charge is -2.32. The molecule has 0 spiro atoms. The van der Waals surface area contributed by atoms with Crippen LogP contribution in [-0.2, 0) is 4.43 Å². The van der Waals surface area contributed by atoms with Gasteiger partial charge in [0, 0.05) is 11.2 Å². The number of furan rings is 1. The fraction of sp³-hybridized carbons (Fsp3) is 0.360. The lowest BCUT2D eigenvalue weighted by Crippen LogP contribution is -2.34. The van der Waals surface area contributed by atoms with Gasteiger partial charge in [-0.2, -0.15) is 0 Å². The van der Waals surface area contributed by atoms with Crippen LogP contribution in [0.15, 0.2) is 58.3 Å². The molecule has 2 aromatic heterocycles. The molecule has 156 valence electrons. The minimum atomic E-state index is 0.701. The second-order valence-electron chi connectivity index (χ2n) is 8.05. The zero-order valence-corrected chi connectivity index (χ0v) is 20.0. The van der Waals surface area contributed by atoms with Crippen molar-refractivity contribution in [2.75, 3.05) is 26.2 Å². The second-order valence-corrected chi connectivity index (χ2v) is 9.76. The van der Waals surface area contributed by atoms with Gasteiger partial charge in [0.15, 0.2) is 0 Å². The van der Waals surface area contributed by atoms with Crippen molar-refractivity contribution >= 4 is 55.0 Å². The van der Waals surface area contributed by atoms with Crippen LogP contribution in [0.1, 0.15) is 36.5 Å². The molecule has 0 atom stereocenters. The Bertz CT molecular complexity index is 1130. The van der Waals surface area contributed by atoms with Crippen LogP contribution < -0.4 is 4.74 Å². The van der Waals surface area contributed by atoms with Crippen molar-refractivity contribution in [3.05, 3.63) is 65.2 Å². The van der Waals surface area contributed by atoms with Gasteiger partial charge in [0.2, 0.25) is 0 Å². The van der Waals surface area contributed by atoms with E-state index in [1.807, 2.05) is 29.5 Å². The van der Waals surface area contributed by atoms with Crippen molar-refractivity contribution in [3.63, 3.8) is 0 Å². The fourth-order valence-corrected chi connectivity index (χ4v) is 5.62. The highest BCUT2D eigenvalue weighted by atomic mass is 127. The molecule has 0 N–H and O–H groups in total. The standard InChI is InChI=1S/C25H26INO2S/c26-17-21-16-22-23(3-1-4-24(22)29-21)28-13-2-10-27-11-7-18(8-12-27)19-5-6-25-20(15-19)9-14-30-25/h1,3-6,9,14-16,18H,2,7-8,10-13,17H2. The van der Waals surface area contributed by atoms with E-state index in [4.69, 9.17) is 9.15 Å². The molecule has 3 nitrogen and oxygen atoms in total. The molecule has 1 fully saturated rings. The van der Waals surface area contributed by atoms with Crippen LogP contribution in [0, 0.1) is 0 Å². The predicted octanol–water partition coefficient (Wildman–Crippen LogP) is 7.23. The van der Waals surface area contributed by atoms with Crippen LogP contribution >= 0.6 is 33.9 Å². The van der Waals surface area contributed by atoms with E-state index in [0.29, 0.717) is 5.92 Å². The first-order valence-electron chi connectivity index (χ1n) is 10.7. The van der Waals surface area contributed by atoms with Crippen molar-refractivity contribution in [2.45, 2.75) is 29.6 Å². The van der Waals surface area contributed by atoms with Gasteiger partial charge in [-0.25, -0.2) is 0 Å². The number of hydrogen-bond donors (Lipinski definition) is 0. The van der Waals surface area contributed by atoms with E-state index in [2.05, 4.69) is 63.2 Å². The summed E-state index contributed by atoms with van der Waals surface area (Å²) in [5.41, 5.74) is 2.44. The van der Waals surface area contributed by atoms with E-state index in [0.717, 1.165) is 46.5 Å².